The average Bonchev–Trinajstić information content (AvgIpc) is 2.69. The minimum absolute atomic E-state index is 0.0305. The third-order valence-electron chi connectivity index (χ3n) is 4.34. The van der Waals surface area contributed by atoms with Gasteiger partial charge in [0.1, 0.15) is 33.7 Å². The van der Waals surface area contributed by atoms with E-state index in [1.54, 1.807) is 12.1 Å². The lowest BCUT2D eigenvalue weighted by Crippen LogP contribution is -2.32. The van der Waals surface area contributed by atoms with Gasteiger partial charge < -0.3 is 23.7 Å². The number of esters is 3. The molecule has 0 saturated heterocycles. The molecule has 0 amide bonds. The van der Waals surface area contributed by atoms with Crippen LogP contribution in [0.15, 0.2) is 30.3 Å². The molecule has 0 fully saturated rings. The topological polar surface area (TPSA) is 114 Å². The van der Waals surface area contributed by atoms with Crippen molar-refractivity contribution in [3.05, 3.63) is 41.5 Å². The molecule has 0 aromatic heterocycles. The Bertz CT molecular complexity index is 1110. The van der Waals surface area contributed by atoms with Crippen LogP contribution in [0.3, 0.4) is 0 Å². The van der Waals surface area contributed by atoms with E-state index < -0.39 is 34.6 Å². The number of fused-ring (bicyclic) bond motifs is 1. The number of halogens is 1. The van der Waals surface area contributed by atoms with Gasteiger partial charge >= 0.3 is 17.9 Å². The van der Waals surface area contributed by atoms with E-state index in [-0.39, 0.29) is 28.6 Å². The quantitative estimate of drug-likeness (QED) is 0.341. The van der Waals surface area contributed by atoms with E-state index in [1.807, 2.05) is 0 Å². The van der Waals surface area contributed by atoms with Crippen molar-refractivity contribution in [2.24, 2.45) is 0 Å². The molecule has 1 aliphatic heterocycles. The lowest BCUT2D eigenvalue weighted by molar-refractivity contribution is -0.133. The van der Waals surface area contributed by atoms with Gasteiger partial charge in [0.15, 0.2) is 17.3 Å². The minimum atomic E-state index is -0.859. The summed E-state index contributed by atoms with van der Waals surface area (Å²) in [6, 6.07) is 7.40. The Morgan fingerprint density at radius 3 is 2.09 bits per heavy atom. The number of methoxy groups -OCH3 is 1. The monoisotopic (exact) mass is 506 g/mol. The van der Waals surface area contributed by atoms with Gasteiger partial charge in [-0.25, -0.2) is 0 Å². The van der Waals surface area contributed by atoms with Crippen LogP contribution in [-0.2, 0) is 14.4 Å². The third kappa shape index (κ3) is 4.91. The minimum Gasteiger partial charge on any atom is -0.493 e. The van der Waals surface area contributed by atoms with Gasteiger partial charge in [0.25, 0.3) is 0 Å². The predicted molar refractivity (Wildman–Crippen MR) is 114 cm³/mol. The second kappa shape index (κ2) is 9.39. The van der Waals surface area contributed by atoms with Crippen molar-refractivity contribution in [3.8, 4) is 28.7 Å². The summed E-state index contributed by atoms with van der Waals surface area (Å²) in [6.45, 7) is 3.65. The first kappa shape index (κ1) is 23.3. The molecule has 0 aliphatic carbocycles. The molecule has 32 heavy (non-hydrogen) atoms. The molecule has 0 bridgehead atoms. The molecular weight excluding hydrogens is 488 g/mol. The van der Waals surface area contributed by atoms with Crippen molar-refractivity contribution in [2.75, 3.05) is 7.11 Å². The Labute approximate surface area is 191 Å². The molecule has 0 radical (unpaired) electrons. The average molecular weight is 507 g/mol. The maximum absolute atomic E-state index is 13.2. The van der Waals surface area contributed by atoms with E-state index in [0.717, 1.165) is 0 Å². The Morgan fingerprint density at radius 1 is 0.875 bits per heavy atom. The van der Waals surface area contributed by atoms with Crippen LogP contribution in [0.1, 0.15) is 42.8 Å². The first-order valence-corrected chi connectivity index (χ1v) is 10.3. The molecule has 168 valence electrons. The van der Waals surface area contributed by atoms with Crippen molar-refractivity contribution < 1.29 is 42.9 Å². The molecule has 0 unspecified atom stereocenters. The predicted octanol–water partition coefficient (Wildman–Crippen LogP) is 3.55. The lowest BCUT2D eigenvalue weighted by atomic mass is 9.95. The number of carbonyl (C=O) groups excluding carboxylic acids is 4. The van der Waals surface area contributed by atoms with Crippen molar-refractivity contribution in [1.29, 1.82) is 0 Å². The van der Waals surface area contributed by atoms with Crippen LogP contribution in [0.5, 0.6) is 28.7 Å². The lowest BCUT2D eigenvalue weighted by Gasteiger charge is -2.31. The summed E-state index contributed by atoms with van der Waals surface area (Å²) >= 11 is 3.36. The Balaban J connectivity index is 2.08. The molecule has 2 aromatic rings. The molecule has 3 rings (SSSR count). The summed E-state index contributed by atoms with van der Waals surface area (Å²) < 4.78 is 26.7. The van der Waals surface area contributed by atoms with Crippen LogP contribution >= 0.6 is 15.9 Å². The number of hydrogen-bond donors (Lipinski definition) is 0. The van der Waals surface area contributed by atoms with Crippen LogP contribution in [0.25, 0.3) is 0 Å². The van der Waals surface area contributed by atoms with E-state index in [4.69, 9.17) is 23.7 Å². The van der Waals surface area contributed by atoms with E-state index in [1.165, 1.54) is 46.1 Å². The standard InChI is InChI=1S/C22H19BrO9/c1-10(24)29-14-8-17(31-12(3)26)19-18(9-14)32-22(20(23)21(19)27)13-5-6-15(28-4)16(7-13)30-11(2)25/h5-9,20,22H,1-4H3/t20-,22+/m1/s1. The zero-order chi connectivity index (χ0) is 23.6. The molecule has 2 aromatic carbocycles. The highest BCUT2D eigenvalue weighted by Crippen LogP contribution is 2.45. The van der Waals surface area contributed by atoms with Gasteiger partial charge in [-0.1, -0.05) is 22.0 Å². The van der Waals surface area contributed by atoms with E-state index in [0.29, 0.717) is 11.3 Å². The zero-order valence-corrected chi connectivity index (χ0v) is 19.2. The molecule has 0 saturated carbocycles. The van der Waals surface area contributed by atoms with Crippen molar-refractivity contribution in [2.45, 2.75) is 31.7 Å². The Hall–Kier alpha value is -3.40. The van der Waals surface area contributed by atoms with Crippen LogP contribution in [0.2, 0.25) is 0 Å². The molecule has 1 aliphatic rings. The van der Waals surface area contributed by atoms with Crippen LogP contribution in [0.4, 0.5) is 0 Å². The van der Waals surface area contributed by atoms with E-state index in [2.05, 4.69) is 15.9 Å². The summed E-state index contributed by atoms with van der Waals surface area (Å²) in [7, 11) is 1.43. The molecule has 0 N–H and O–H groups in total. The van der Waals surface area contributed by atoms with Gasteiger partial charge in [0.2, 0.25) is 0 Å². The SMILES string of the molecule is COc1ccc([C@@H]2Oc3cc(OC(C)=O)cc(OC(C)=O)c3C(=O)[C@H]2Br)cc1OC(C)=O. The van der Waals surface area contributed by atoms with Gasteiger partial charge in [0.05, 0.1) is 7.11 Å². The van der Waals surface area contributed by atoms with E-state index in [9.17, 15) is 19.2 Å². The number of Topliss-reactive ketones (excluding diaryl/α,β-unsaturated/α-hetero) is 1. The zero-order valence-electron chi connectivity index (χ0n) is 17.6. The number of rotatable bonds is 5. The van der Waals surface area contributed by atoms with Crippen LogP contribution < -0.4 is 23.7 Å². The smallest absolute Gasteiger partial charge is 0.308 e. The second-order valence-electron chi connectivity index (χ2n) is 6.79. The highest BCUT2D eigenvalue weighted by atomic mass is 79.9. The molecule has 2 atom stereocenters. The van der Waals surface area contributed by atoms with Gasteiger partial charge in [0, 0.05) is 32.9 Å². The van der Waals surface area contributed by atoms with Gasteiger partial charge in [-0.15, -0.1) is 0 Å². The normalized spacial score (nSPS) is 17.0. The van der Waals surface area contributed by atoms with Crippen molar-refractivity contribution in [1.82, 2.24) is 0 Å². The first-order chi connectivity index (χ1) is 15.1. The molecule has 10 heteroatoms. The van der Waals surface area contributed by atoms with Crippen LogP contribution in [0, 0.1) is 0 Å². The number of hydrogen-bond acceptors (Lipinski definition) is 9. The highest BCUT2D eigenvalue weighted by molar-refractivity contribution is 9.10. The highest BCUT2D eigenvalue weighted by Gasteiger charge is 2.40. The number of benzene rings is 2. The van der Waals surface area contributed by atoms with E-state index >= 15 is 0 Å². The summed E-state index contributed by atoms with van der Waals surface area (Å²) in [5.41, 5.74) is 0.540. The maximum atomic E-state index is 13.2. The van der Waals surface area contributed by atoms with Crippen molar-refractivity contribution in [3.63, 3.8) is 0 Å². The third-order valence-corrected chi connectivity index (χ3v) is 5.24. The van der Waals surface area contributed by atoms with Crippen LogP contribution in [-0.4, -0.2) is 35.6 Å². The fraction of sp³-hybridized carbons (Fsp3) is 0.273. The largest absolute Gasteiger partial charge is 0.493 e. The van der Waals surface area contributed by atoms with Gasteiger partial charge in [-0.2, -0.15) is 0 Å². The first-order valence-electron chi connectivity index (χ1n) is 9.37. The molecule has 9 nitrogen and oxygen atoms in total. The summed E-state index contributed by atoms with van der Waals surface area (Å²) in [5.74, 6) is -1.70. The van der Waals surface area contributed by atoms with Gasteiger partial charge in [-0.05, 0) is 17.7 Å². The molecule has 1 heterocycles. The number of ether oxygens (including phenoxy) is 5. The fourth-order valence-electron chi connectivity index (χ4n) is 3.18. The summed E-state index contributed by atoms with van der Waals surface area (Å²) in [6.07, 6.45) is -0.840. The number of ketones is 1. The number of carbonyl (C=O) groups is 4. The number of alkyl halides is 1. The Morgan fingerprint density at radius 2 is 1.50 bits per heavy atom. The molecule has 0 spiro atoms. The summed E-state index contributed by atoms with van der Waals surface area (Å²) in [5, 5.41) is 0. The Kier molecular flexibility index (Phi) is 6.83. The summed E-state index contributed by atoms with van der Waals surface area (Å²) in [4.78, 5) is 46.7. The van der Waals surface area contributed by atoms with Gasteiger partial charge in [-0.3, -0.25) is 19.2 Å². The van der Waals surface area contributed by atoms with Crippen molar-refractivity contribution >= 4 is 39.6 Å². The maximum Gasteiger partial charge on any atom is 0.308 e. The molecular formula is C22H19BrO9. The second-order valence-corrected chi connectivity index (χ2v) is 7.78. The fourth-order valence-corrected chi connectivity index (χ4v) is 3.82.